The number of hydrogen-bond acceptors (Lipinski definition) is 3. The molecule has 0 saturated heterocycles. The van der Waals surface area contributed by atoms with E-state index >= 15 is 0 Å². The first-order valence-electron chi connectivity index (χ1n) is 5.94. The van der Waals surface area contributed by atoms with Crippen molar-refractivity contribution >= 4 is 32.7 Å². The maximum atomic E-state index is 11.2. The molecule has 3 rings (SSSR count). The number of imidazole rings is 1. The fraction of sp³-hybridized carbons (Fsp3) is 0.0714. The van der Waals surface area contributed by atoms with Crippen LogP contribution in [-0.2, 0) is 7.05 Å². The molecule has 0 saturated carbocycles. The van der Waals surface area contributed by atoms with E-state index in [1.165, 1.54) is 6.07 Å². The van der Waals surface area contributed by atoms with Crippen molar-refractivity contribution in [1.29, 1.82) is 0 Å². The summed E-state index contributed by atoms with van der Waals surface area (Å²) in [5.74, 6) is 0.704. The quantitative estimate of drug-likeness (QED) is 0.528. The second kappa shape index (κ2) is 4.72. The summed E-state index contributed by atoms with van der Waals surface area (Å²) in [7, 11) is 1.79. The third-order valence-electron chi connectivity index (χ3n) is 3.18. The number of aryl methyl sites for hydroxylation is 1. The van der Waals surface area contributed by atoms with Crippen molar-refractivity contribution in [3.8, 4) is 11.4 Å². The molecule has 20 heavy (non-hydrogen) atoms. The zero-order chi connectivity index (χ0) is 14.3. The Labute approximate surface area is 123 Å². The highest BCUT2D eigenvalue weighted by molar-refractivity contribution is 9.10. The predicted molar refractivity (Wildman–Crippen MR) is 80.5 cm³/mol. The minimum Gasteiger partial charge on any atom is -0.321 e. The zero-order valence-corrected chi connectivity index (χ0v) is 12.2. The van der Waals surface area contributed by atoms with Gasteiger partial charge in [0.25, 0.3) is 5.69 Å². The lowest BCUT2D eigenvalue weighted by Gasteiger charge is -2.02. The molecular weight excluding hydrogens is 322 g/mol. The summed E-state index contributed by atoms with van der Waals surface area (Å²) < 4.78 is 2.50. The second-order valence-corrected chi connectivity index (χ2v) is 5.24. The van der Waals surface area contributed by atoms with Gasteiger partial charge in [0.15, 0.2) is 0 Å². The Morgan fingerprint density at radius 3 is 2.55 bits per heavy atom. The van der Waals surface area contributed by atoms with Gasteiger partial charge in [0.2, 0.25) is 0 Å². The first-order valence-corrected chi connectivity index (χ1v) is 6.73. The lowest BCUT2D eigenvalue weighted by molar-refractivity contribution is -0.383. The molecule has 0 aliphatic carbocycles. The van der Waals surface area contributed by atoms with E-state index in [9.17, 15) is 10.1 Å². The van der Waals surface area contributed by atoms with Gasteiger partial charge in [0.1, 0.15) is 16.9 Å². The van der Waals surface area contributed by atoms with Crippen LogP contribution in [0, 0.1) is 10.1 Å². The molecule has 0 aliphatic heterocycles. The molecule has 0 bridgehead atoms. The van der Waals surface area contributed by atoms with Crippen molar-refractivity contribution in [2.45, 2.75) is 0 Å². The van der Waals surface area contributed by atoms with Gasteiger partial charge < -0.3 is 4.57 Å². The molecule has 0 unspecified atom stereocenters. The number of halogens is 1. The first-order chi connectivity index (χ1) is 9.59. The summed E-state index contributed by atoms with van der Waals surface area (Å²) in [4.78, 5) is 15.3. The molecule has 100 valence electrons. The number of rotatable bonds is 2. The van der Waals surface area contributed by atoms with Crippen LogP contribution in [0.5, 0.6) is 0 Å². The number of nitrogens with zero attached hydrogens (tertiary/aromatic N) is 3. The molecule has 6 heteroatoms. The average Bonchev–Trinajstić information content (AvgIpc) is 2.79. The van der Waals surface area contributed by atoms with Crippen LogP contribution in [0.25, 0.3) is 22.4 Å². The first kappa shape index (κ1) is 12.8. The molecule has 1 aromatic heterocycles. The average molecular weight is 332 g/mol. The predicted octanol–water partition coefficient (Wildman–Crippen LogP) is 3.91. The Morgan fingerprint density at radius 2 is 1.90 bits per heavy atom. The van der Waals surface area contributed by atoms with E-state index < -0.39 is 0 Å². The van der Waals surface area contributed by atoms with Crippen molar-refractivity contribution in [3.63, 3.8) is 0 Å². The molecular formula is C14H10BrN3O2. The third kappa shape index (κ3) is 1.89. The Morgan fingerprint density at radius 1 is 1.20 bits per heavy atom. The standard InChI is InChI=1S/C14H10BrN3O2/c1-17-13-11(18(19)20)8-7-10(15)12(13)16-14(17)9-5-3-2-4-6-9/h2-8H,1H3. The van der Waals surface area contributed by atoms with Gasteiger partial charge in [-0.3, -0.25) is 10.1 Å². The van der Waals surface area contributed by atoms with Gasteiger partial charge in [-0.2, -0.15) is 0 Å². The number of aromatic nitrogens is 2. The Bertz CT molecular complexity index is 812. The van der Waals surface area contributed by atoms with Crippen LogP contribution in [0.1, 0.15) is 0 Å². The highest BCUT2D eigenvalue weighted by Gasteiger charge is 2.21. The molecule has 3 aromatic rings. The summed E-state index contributed by atoms with van der Waals surface area (Å²) in [6, 6.07) is 12.8. The van der Waals surface area contributed by atoms with E-state index in [-0.39, 0.29) is 10.6 Å². The summed E-state index contributed by atoms with van der Waals surface area (Å²) in [5, 5.41) is 11.2. The minimum atomic E-state index is -0.384. The zero-order valence-electron chi connectivity index (χ0n) is 10.6. The molecule has 1 heterocycles. The van der Waals surface area contributed by atoms with E-state index in [2.05, 4.69) is 20.9 Å². The lowest BCUT2D eigenvalue weighted by Crippen LogP contribution is -1.96. The molecule has 0 radical (unpaired) electrons. The molecule has 0 aliphatic rings. The van der Waals surface area contributed by atoms with E-state index in [0.29, 0.717) is 16.9 Å². The Hall–Kier alpha value is -2.21. The molecule has 0 fully saturated rings. The van der Waals surface area contributed by atoms with E-state index in [0.717, 1.165) is 10.0 Å². The fourth-order valence-electron chi connectivity index (χ4n) is 2.26. The Kier molecular flexibility index (Phi) is 3.02. The number of fused-ring (bicyclic) bond motifs is 1. The van der Waals surface area contributed by atoms with Gasteiger partial charge in [-0.05, 0) is 22.0 Å². The monoisotopic (exact) mass is 331 g/mol. The molecule has 0 spiro atoms. The summed E-state index contributed by atoms with van der Waals surface area (Å²) in [6.45, 7) is 0. The van der Waals surface area contributed by atoms with E-state index in [4.69, 9.17) is 0 Å². The number of nitro groups is 1. The maximum absolute atomic E-state index is 11.2. The minimum absolute atomic E-state index is 0.0559. The van der Waals surface area contributed by atoms with Gasteiger partial charge in [0.05, 0.1) is 4.92 Å². The molecule has 5 nitrogen and oxygen atoms in total. The second-order valence-electron chi connectivity index (χ2n) is 4.38. The van der Waals surface area contributed by atoms with Crippen LogP contribution in [0.15, 0.2) is 46.9 Å². The highest BCUT2D eigenvalue weighted by atomic mass is 79.9. The summed E-state index contributed by atoms with van der Waals surface area (Å²) in [6.07, 6.45) is 0. The number of benzene rings is 2. The highest BCUT2D eigenvalue weighted by Crippen LogP contribution is 2.34. The van der Waals surface area contributed by atoms with Gasteiger partial charge in [-0.1, -0.05) is 30.3 Å². The van der Waals surface area contributed by atoms with Crippen LogP contribution in [0.2, 0.25) is 0 Å². The summed E-state index contributed by atoms with van der Waals surface area (Å²) in [5.41, 5.74) is 2.09. The molecule has 0 atom stereocenters. The van der Waals surface area contributed by atoms with Gasteiger partial charge >= 0.3 is 0 Å². The van der Waals surface area contributed by atoms with Crippen molar-refractivity contribution in [3.05, 3.63) is 57.1 Å². The SMILES string of the molecule is Cn1c(-c2ccccc2)nc2c(Br)ccc([N+](=O)[O-])c21. The molecule has 0 amide bonds. The number of nitro benzene ring substituents is 1. The van der Waals surface area contributed by atoms with Gasteiger partial charge in [0, 0.05) is 23.2 Å². The van der Waals surface area contributed by atoms with Crippen molar-refractivity contribution in [2.75, 3.05) is 0 Å². The van der Waals surface area contributed by atoms with Crippen molar-refractivity contribution < 1.29 is 4.92 Å². The normalized spacial score (nSPS) is 10.9. The van der Waals surface area contributed by atoms with Gasteiger partial charge in [-0.25, -0.2) is 4.98 Å². The van der Waals surface area contributed by atoms with Gasteiger partial charge in [-0.15, -0.1) is 0 Å². The van der Waals surface area contributed by atoms with Crippen molar-refractivity contribution in [1.82, 2.24) is 9.55 Å². The van der Waals surface area contributed by atoms with E-state index in [1.54, 1.807) is 17.7 Å². The third-order valence-corrected chi connectivity index (χ3v) is 3.82. The van der Waals surface area contributed by atoms with Crippen molar-refractivity contribution in [2.24, 2.45) is 7.05 Å². The summed E-state index contributed by atoms with van der Waals surface area (Å²) >= 11 is 3.40. The Balaban J connectivity index is 2.38. The topological polar surface area (TPSA) is 61.0 Å². The number of hydrogen-bond donors (Lipinski definition) is 0. The smallest absolute Gasteiger partial charge is 0.295 e. The largest absolute Gasteiger partial charge is 0.321 e. The molecule has 0 N–H and O–H groups in total. The van der Waals surface area contributed by atoms with Crippen LogP contribution >= 0.6 is 15.9 Å². The van der Waals surface area contributed by atoms with Crippen LogP contribution < -0.4 is 0 Å². The van der Waals surface area contributed by atoms with E-state index in [1.807, 2.05) is 30.3 Å². The maximum Gasteiger partial charge on any atom is 0.295 e. The fourth-order valence-corrected chi connectivity index (χ4v) is 2.67. The number of non-ortho nitro benzene ring substituents is 1. The van der Waals surface area contributed by atoms with Crippen LogP contribution in [-0.4, -0.2) is 14.5 Å². The van der Waals surface area contributed by atoms with Crippen LogP contribution in [0.3, 0.4) is 0 Å². The van der Waals surface area contributed by atoms with Crippen LogP contribution in [0.4, 0.5) is 5.69 Å². The molecule has 2 aromatic carbocycles. The lowest BCUT2D eigenvalue weighted by atomic mass is 10.2.